The number of morpholine rings is 1. The third kappa shape index (κ3) is 3.87. The summed E-state index contributed by atoms with van der Waals surface area (Å²) in [5.41, 5.74) is 0. The fourth-order valence-corrected chi connectivity index (χ4v) is 8.30. The Labute approximate surface area is 152 Å². The molecule has 2 aromatic carbocycles. The van der Waals surface area contributed by atoms with Crippen LogP contribution in [0.3, 0.4) is 0 Å². The molecule has 0 amide bonds. The molecule has 1 aliphatic rings. The van der Waals surface area contributed by atoms with Gasteiger partial charge in [-0.25, -0.2) is 0 Å². The highest BCUT2D eigenvalue weighted by Gasteiger charge is 2.50. The van der Waals surface area contributed by atoms with E-state index in [1.807, 2.05) is 0 Å². The molecule has 4 heteroatoms. The van der Waals surface area contributed by atoms with Crippen molar-refractivity contribution >= 4 is 18.7 Å². The molecule has 1 fully saturated rings. The molecule has 2 aromatic rings. The molecule has 0 bridgehead atoms. The fraction of sp³-hybridized carbons (Fsp3) is 0.429. The van der Waals surface area contributed by atoms with E-state index in [1.165, 1.54) is 10.4 Å². The predicted molar refractivity (Wildman–Crippen MR) is 106 cm³/mol. The van der Waals surface area contributed by atoms with E-state index in [4.69, 9.17) is 9.16 Å². The lowest BCUT2D eigenvalue weighted by Gasteiger charge is -2.44. The monoisotopic (exact) mass is 355 g/mol. The zero-order chi connectivity index (χ0) is 17.8. The lowest BCUT2D eigenvalue weighted by atomic mass is 10.2. The van der Waals surface area contributed by atoms with E-state index >= 15 is 0 Å². The summed E-state index contributed by atoms with van der Waals surface area (Å²) < 4.78 is 12.8. The third-order valence-electron chi connectivity index (χ3n) is 4.91. The van der Waals surface area contributed by atoms with Gasteiger partial charge in [-0.2, -0.15) is 0 Å². The average molecular weight is 356 g/mol. The number of hydrogen-bond donors (Lipinski definition) is 1. The predicted octanol–water partition coefficient (Wildman–Crippen LogP) is 2.55. The maximum absolute atomic E-state index is 6.88. The molecule has 134 valence electrons. The molecule has 0 spiro atoms. The van der Waals surface area contributed by atoms with Gasteiger partial charge in [0.15, 0.2) is 0 Å². The van der Waals surface area contributed by atoms with Crippen molar-refractivity contribution in [3.05, 3.63) is 60.7 Å². The third-order valence-corrected chi connectivity index (χ3v) is 9.91. The molecule has 1 atom stereocenters. The zero-order valence-electron chi connectivity index (χ0n) is 15.5. The van der Waals surface area contributed by atoms with Crippen LogP contribution in [0.15, 0.2) is 60.7 Å². The van der Waals surface area contributed by atoms with Crippen molar-refractivity contribution in [3.63, 3.8) is 0 Å². The van der Waals surface area contributed by atoms with Crippen molar-refractivity contribution < 1.29 is 9.16 Å². The summed E-state index contributed by atoms with van der Waals surface area (Å²) in [6.45, 7) is 10.1. The van der Waals surface area contributed by atoms with Crippen LogP contribution in [-0.4, -0.2) is 40.7 Å². The van der Waals surface area contributed by atoms with Crippen molar-refractivity contribution in [2.45, 2.75) is 31.9 Å². The highest BCUT2D eigenvalue weighted by atomic mass is 28.4. The van der Waals surface area contributed by atoms with Gasteiger partial charge in [-0.15, -0.1) is 0 Å². The molecule has 1 N–H and O–H groups in total. The zero-order valence-corrected chi connectivity index (χ0v) is 16.5. The van der Waals surface area contributed by atoms with Crippen molar-refractivity contribution in [3.8, 4) is 0 Å². The van der Waals surface area contributed by atoms with E-state index in [1.54, 1.807) is 0 Å². The van der Waals surface area contributed by atoms with Gasteiger partial charge < -0.3 is 14.5 Å². The summed E-state index contributed by atoms with van der Waals surface area (Å²) >= 11 is 0. The minimum atomic E-state index is -2.44. The second kappa shape index (κ2) is 7.83. The van der Waals surface area contributed by atoms with Crippen LogP contribution in [0.1, 0.15) is 20.8 Å². The first-order valence-corrected chi connectivity index (χ1v) is 11.0. The molecule has 1 unspecified atom stereocenters. The standard InChI is InChI=1S/C21H29NO2Si/c1-21(2,3)25(19-10-6-4-7-11-19,20-12-8-5-9-13-20)24-17-18-16-22-14-15-23-18/h4-13,18,22H,14-17H2,1-3H3. The summed E-state index contributed by atoms with van der Waals surface area (Å²) in [6, 6.07) is 21.5. The maximum Gasteiger partial charge on any atom is 0.261 e. The fourth-order valence-electron chi connectivity index (χ4n) is 3.71. The molecular formula is C21H29NO2Si. The molecule has 1 heterocycles. The van der Waals surface area contributed by atoms with Crippen LogP contribution in [0.5, 0.6) is 0 Å². The van der Waals surface area contributed by atoms with Crippen LogP contribution in [0.4, 0.5) is 0 Å². The van der Waals surface area contributed by atoms with Gasteiger partial charge in [0.25, 0.3) is 8.32 Å². The quantitative estimate of drug-likeness (QED) is 0.836. The van der Waals surface area contributed by atoms with Gasteiger partial charge in [0.2, 0.25) is 0 Å². The molecule has 0 aliphatic carbocycles. The molecule has 3 rings (SSSR count). The van der Waals surface area contributed by atoms with E-state index in [-0.39, 0.29) is 11.1 Å². The first-order valence-electron chi connectivity index (χ1n) is 9.11. The SMILES string of the molecule is CC(C)(C)[Si](OCC1CNCCO1)(c1ccccc1)c1ccccc1. The van der Waals surface area contributed by atoms with E-state index < -0.39 is 8.32 Å². The largest absolute Gasteiger partial charge is 0.405 e. The molecule has 0 aromatic heterocycles. The van der Waals surface area contributed by atoms with Gasteiger partial charge in [-0.3, -0.25) is 0 Å². The van der Waals surface area contributed by atoms with Gasteiger partial charge >= 0.3 is 0 Å². The second-order valence-electron chi connectivity index (χ2n) is 7.67. The summed E-state index contributed by atoms with van der Waals surface area (Å²) in [5, 5.41) is 6.05. The first-order chi connectivity index (χ1) is 12.0. The van der Waals surface area contributed by atoms with Gasteiger partial charge in [0.05, 0.1) is 19.3 Å². The maximum atomic E-state index is 6.88. The number of hydrogen-bond acceptors (Lipinski definition) is 3. The Hall–Kier alpha value is -1.46. The smallest absolute Gasteiger partial charge is 0.261 e. The number of ether oxygens (including phenoxy) is 1. The molecule has 1 aliphatic heterocycles. The summed E-state index contributed by atoms with van der Waals surface area (Å²) in [7, 11) is -2.44. The molecule has 0 saturated carbocycles. The van der Waals surface area contributed by atoms with Crippen LogP contribution < -0.4 is 15.7 Å². The minimum absolute atomic E-state index is 0.0117. The van der Waals surface area contributed by atoms with Gasteiger partial charge in [-0.1, -0.05) is 81.4 Å². The lowest BCUT2D eigenvalue weighted by Crippen LogP contribution is -2.67. The minimum Gasteiger partial charge on any atom is -0.405 e. The van der Waals surface area contributed by atoms with Crippen LogP contribution in [0.2, 0.25) is 5.04 Å². The lowest BCUT2D eigenvalue weighted by molar-refractivity contribution is -0.00208. The number of nitrogens with one attached hydrogen (secondary N) is 1. The molecule has 1 saturated heterocycles. The molecule has 3 nitrogen and oxygen atoms in total. The van der Waals surface area contributed by atoms with Crippen LogP contribution in [0, 0.1) is 0 Å². The van der Waals surface area contributed by atoms with Crippen LogP contribution >= 0.6 is 0 Å². The van der Waals surface area contributed by atoms with Gasteiger partial charge in [0, 0.05) is 13.1 Å². The Kier molecular flexibility index (Phi) is 5.74. The van der Waals surface area contributed by atoms with Crippen LogP contribution in [-0.2, 0) is 9.16 Å². The topological polar surface area (TPSA) is 30.5 Å². The number of rotatable bonds is 5. The average Bonchev–Trinajstić information content (AvgIpc) is 2.64. The molecule has 0 radical (unpaired) electrons. The number of benzene rings is 2. The van der Waals surface area contributed by atoms with Gasteiger partial charge in [0.1, 0.15) is 0 Å². The molecule has 25 heavy (non-hydrogen) atoms. The Morgan fingerprint density at radius 2 is 1.56 bits per heavy atom. The highest BCUT2D eigenvalue weighted by molar-refractivity contribution is 6.99. The van der Waals surface area contributed by atoms with Crippen molar-refractivity contribution in [2.24, 2.45) is 0 Å². The van der Waals surface area contributed by atoms with Crippen molar-refractivity contribution in [2.75, 3.05) is 26.3 Å². The Morgan fingerprint density at radius 1 is 1.00 bits per heavy atom. The Morgan fingerprint density at radius 3 is 2.00 bits per heavy atom. The second-order valence-corrected chi connectivity index (χ2v) is 12.0. The van der Waals surface area contributed by atoms with E-state index in [9.17, 15) is 0 Å². The van der Waals surface area contributed by atoms with Gasteiger partial charge in [-0.05, 0) is 15.4 Å². The normalized spacial score (nSPS) is 18.9. The van der Waals surface area contributed by atoms with E-state index in [2.05, 4.69) is 86.8 Å². The first kappa shape index (κ1) is 18.3. The van der Waals surface area contributed by atoms with Crippen molar-refractivity contribution in [1.29, 1.82) is 0 Å². The summed E-state index contributed by atoms with van der Waals surface area (Å²) in [4.78, 5) is 0. The Balaban J connectivity index is 2.02. The van der Waals surface area contributed by atoms with Crippen molar-refractivity contribution in [1.82, 2.24) is 5.32 Å². The molecular weight excluding hydrogens is 326 g/mol. The van der Waals surface area contributed by atoms with E-state index in [0.717, 1.165) is 19.7 Å². The van der Waals surface area contributed by atoms with Crippen LogP contribution in [0.25, 0.3) is 0 Å². The van der Waals surface area contributed by atoms with E-state index in [0.29, 0.717) is 6.61 Å². The Bertz CT molecular complexity index is 609. The summed E-state index contributed by atoms with van der Waals surface area (Å²) in [6.07, 6.45) is 0.121. The summed E-state index contributed by atoms with van der Waals surface area (Å²) in [5.74, 6) is 0. The highest BCUT2D eigenvalue weighted by Crippen LogP contribution is 2.36.